The van der Waals surface area contributed by atoms with Crippen molar-refractivity contribution >= 4 is 28.6 Å². The molecule has 0 fully saturated rings. The van der Waals surface area contributed by atoms with Gasteiger partial charge in [0.15, 0.2) is 11.5 Å². The summed E-state index contributed by atoms with van der Waals surface area (Å²) in [5, 5.41) is 9.70. The predicted octanol–water partition coefficient (Wildman–Crippen LogP) is 5.76. The fourth-order valence-corrected chi connectivity index (χ4v) is 5.31. The molecular formula is C31H25ClFN3O6. The number of imidazole rings is 1. The Hall–Kier alpha value is -4.67. The van der Waals surface area contributed by atoms with Crippen LogP contribution in [0.5, 0.6) is 11.5 Å². The van der Waals surface area contributed by atoms with E-state index in [1.807, 2.05) is 4.57 Å². The van der Waals surface area contributed by atoms with E-state index in [9.17, 15) is 19.1 Å². The zero-order chi connectivity index (χ0) is 29.6. The Morgan fingerprint density at radius 3 is 2.71 bits per heavy atom. The molecule has 3 heterocycles. The highest BCUT2D eigenvalue weighted by molar-refractivity contribution is 6.30. The van der Waals surface area contributed by atoms with Crippen LogP contribution in [0, 0.1) is 5.82 Å². The summed E-state index contributed by atoms with van der Waals surface area (Å²) < 4.78 is 34.1. The number of benzene rings is 3. The van der Waals surface area contributed by atoms with Crippen LogP contribution in [-0.2, 0) is 23.5 Å². The maximum Gasteiger partial charge on any atom is 0.335 e. The number of carboxylic acid groups (broad SMARTS) is 1. The lowest BCUT2D eigenvalue weighted by Gasteiger charge is -2.24. The van der Waals surface area contributed by atoms with Gasteiger partial charge in [0.2, 0.25) is 0 Å². The first-order valence-corrected chi connectivity index (χ1v) is 13.4. The Bertz CT molecular complexity index is 1920. The second kappa shape index (κ2) is 10.6. The first-order chi connectivity index (χ1) is 20.2. The lowest BCUT2D eigenvalue weighted by molar-refractivity contribution is -0.0705. The minimum atomic E-state index is -1.44. The zero-order valence-electron chi connectivity index (χ0n) is 22.6. The lowest BCUT2D eigenvalue weighted by Crippen LogP contribution is -2.32. The van der Waals surface area contributed by atoms with E-state index in [1.54, 1.807) is 62.6 Å². The molecule has 2 N–H and O–H groups in total. The summed E-state index contributed by atoms with van der Waals surface area (Å²) in [6, 6.07) is 17.7. The molecule has 9 nitrogen and oxygen atoms in total. The van der Waals surface area contributed by atoms with Crippen molar-refractivity contribution in [3.05, 3.63) is 110 Å². The minimum Gasteiger partial charge on any atom is -0.478 e. The van der Waals surface area contributed by atoms with E-state index < -0.39 is 17.6 Å². The highest BCUT2D eigenvalue weighted by Crippen LogP contribution is 2.49. The molecule has 11 heteroatoms. The van der Waals surface area contributed by atoms with E-state index in [-0.39, 0.29) is 28.1 Å². The number of nitrogens with zero attached hydrogens (tertiary/aromatic N) is 2. The third-order valence-electron chi connectivity index (χ3n) is 7.22. The second-order valence-electron chi connectivity index (χ2n) is 9.99. The number of H-pyrrole nitrogens is 1. The number of hydrogen-bond donors (Lipinski definition) is 2. The Balaban J connectivity index is 1.32. The number of aromatic carboxylic acids is 1. The first kappa shape index (κ1) is 27.5. The van der Waals surface area contributed by atoms with Gasteiger partial charge in [0.25, 0.3) is 11.3 Å². The summed E-state index contributed by atoms with van der Waals surface area (Å²) in [7, 11) is 1.58. The average Bonchev–Trinajstić information content (AvgIpc) is 3.48. The lowest BCUT2D eigenvalue weighted by atomic mass is 10.1. The number of hydrogen-bond acceptors (Lipinski definition) is 6. The van der Waals surface area contributed by atoms with Crippen LogP contribution in [0.2, 0.25) is 5.02 Å². The van der Waals surface area contributed by atoms with Crippen LogP contribution < -0.4 is 15.0 Å². The number of carboxylic acids is 1. The van der Waals surface area contributed by atoms with E-state index in [0.29, 0.717) is 58.3 Å². The number of halogens is 2. The molecule has 0 spiro atoms. The van der Waals surface area contributed by atoms with Crippen LogP contribution in [0.15, 0.2) is 71.5 Å². The maximum atomic E-state index is 14.8. The molecule has 6 rings (SSSR count). The standard InChI is InChI=1S/C31H25ClFN3O6/c1-31(21-9-8-19(32)16-22(21)33)41-26-5-3-4-20(28(26)42-31)23-10-6-17(29(37)35-23)15-27-34-24-11-7-18(30(38)39)14-25(24)36(27)12-13-40-2/h3-11,14,16H,12-13,15H2,1-2H3,(H,35,37)(H,38,39). The van der Waals surface area contributed by atoms with Crippen molar-refractivity contribution in [2.24, 2.45) is 0 Å². The van der Waals surface area contributed by atoms with Gasteiger partial charge in [-0.3, -0.25) is 4.79 Å². The monoisotopic (exact) mass is 589 g/mol. The van der Waals surface area contributed by atoms with Crippen LogP contribution in [-0.4, -0.2) is 39.3 Å². The van der Waals surface area contributed by atoms with Crippen LogP contribution in [0.25, 0.3) is 22.3 Å². The smallest absolute Gasteiger partial charge is 0.335 e. The molecule has 0 saturated carbocycles. The van der Waals surface area contributed by atoms with E-state index in [4.69, 9.17) is 25.8 Å². The van der Waals surface area contributed by atoms with E-state index >= 15 is 0 Å². The van der Waals surface area contributed by atoms with E-state index in [1.165, 1.54) is 18.2 Å². The highest BCUT2D eigenvalue weighted by atomic mass is 35.5. The van der Waals surface area contributed by atoms with Gasteiger partial charge in [-0.15, -0.1) is 0 Å². The average molecular weight is 590 g/mol. The molecule has 2 aromatic heterocycles. The van der Waals surface area contributed by atoms with Crippen molar-refractivity contribution in [1.82, 2.24) is 14.5 Å². The topological polar surface area (TPSA) is 116 Å². The van der Waals surface area contributed by atoms with Gasteiger partial charge in [-0.05, 0) is 54.6 Å². The Labute approximate surface area is 244 Å². The molecule has 1 aliphatic rings. The Morgan fingerprint density at radius 1 is 1.14 bits per heavy atom. The molecule has 0 bridgehead atoms. The number of nitrogens with one attached hydrogen (secondary N) is 1. The van der Waals surface area contributed by atoms with Gasteiger partial charge in [-0.25, -0.2) is 14.2 Å². The fraction of sp³-hybridized carbons (Fsp3) is 0.194. The van der Waals surface area contributed by atoms with Crippen molar-refractivity contribution < 1.29 is 28.5 Å². The van der Waals surface area contributed by atoms with Crippen molar-refractivity contribution in [3.8, 4) is 22.8 Å². The first-order valence-electron chi connectivity index (χ1n) is 13.1. The van der Waals surface area contributed by atoms with Gasteiger partial charge in [-0.2, -0.15) is 0 Å². The summed E-state index contributed by atoms with van der Waals surface area (Å²) in [6.07, 6.45) is 0.205. The van der Waals surface area contributed by atoms with Gasteiger partial charge in [0, 0.05) is 43.1 Å². The second-order valence-corrected chi connectivity index (χ2v) is 10.4. The third kappa shape index (κ3) is 4.88. The number of aromatic amines is 1. The summed E-state index contributed by atoms with van der Waals surface area (Å²) in [6.45, 7) is 2.43. The largest absolute Gasteiger partial charge is 0.478 e. The molecule has 214 valence electrons. The highest BCUT2D eigenvalue weighted by Gasteiger charge is 2.42. The quantitative estimate of drug-likeness (QED) is 0.236. The number of rotatable bonds is 8. The molecule has 42 heavy (non-hydrogen) atoms. The van der Waals surface area contributed by atoms with Gasteiger partial charge < -0.3 is 28.9 Å². The molecule has 3 aromatic carbocycles. The molecule has 0 amide bonds. The fourth-order valence-electron chi connectivity index (χ4n) is 5.15. The summed E-state index contributed by atoms with van der Waals surface area (Å²) in [5.41, 5.74) is 2.79. The molecule has 1 atom stereocenters. The molecule has 0 radical (unpaired) electrons. The van der Waals surface area contributed by atoms with Crippen LogP contribution in [0.4, 0.5) is 4.39 Å². The van der Waals surface area contributed by atoms with Crippen LogP contribution in [0.3, 0.4) is 0 Å². The number of aromatic nitrogens is 3. The third-order valence-corrected chi connectivity index (χ3v) is 7.46. The molecule has 1 unspecified atom stereocenters. The van der Waals surface area contributed by atoms with Gasteiger partial charge in [-0.1, -0.05) is 23.7 Å². The Kier molecular flexibility index (Phi) is 6.96. The van der Waals surface area contributed by atoms with Gasteiger partial charge >= 0.3 is 5.97 Å². The normalized spacial score (nSPS) is 15.8. The van der Waals surface area contributed by atoms with Crippen LogP contribution in [0.1, 0.15) is 34.2 Å². The summed E-state index contributed by atoms with van der Waals surface area (Å²) in [5.74, 6) is -1.66. The number of ether oxygens (including phenoxy) is 3. The van der Waals surface area contributed by atoms with Gasteiger partial charge in [0.1, 0.15) is 11.6 Å². The summed E-state index contributed by atoms with van der Waals surface area (Å²) >= 11 is 5.92. The number of carbonyl (C=O) groups is 1. The van der Waals surface area contributed by atoms with Crippen molar-refractivity contribution in [3.63, 3.8) is 0 Å². The Morgan fingerprint density at radius 2 is 1.98 bits per heavy atom. The van der Waals surface area contributed by atoms with Crippen molar-refractivity contribution in [1.29, 1.82) is 0 Å². The van der Waals surface area contributed by atoms with Crippen molar-refractivity contribution in [2.45, 2.75) is 25.7 Å². The number of fused-ring (bicyclic) bond motifs is 2. The zero-order valence-corrected chi connectivity index (χ0v) is 23.4. The molecular weight excluding hydrogens is 565 g/mol. The summed E-state index contributed by atoms with van der Waals surface area (Å²) in [4.78, 5) is 32.4. The molecule has 0 aliphatic carbocycles. The van der Waals surface area contributed by atoms with Gasteiger partial charge in [0.05, 0.1) is 34.5 Å². The minimum absolute atomic E-state index is 0.145. The predicted molar refractivity (Wildman–Crippen MR) is 154 cm³/mol. The van der Waals surface area contributed by atoms with Crippen molar-refractivity contribution in [2.75, 3.05) is 13.7 Å². The van der Waals surface area contributed by atoms with E-state index in [2.05, 4.69) is 9.97 Å². The van der Waals surface area contributed by atoms with E-state index in [0.717, 1.165) is 0 Å². The number of pyridine rings is 1. The molecule has 5 aromatic rings. The number of methoxy groups -OCH3 is 1. The van der Waals surface area contributed by atoms with Crippen LogP contribution >= 0.6 is 11.6 Å². The SMILES string of the molecule is COCCn1c(Cc2ccc(-c3cccc4c3OC(C)(c3ccc(Cl)cc3F)O4)[nH]c2=O)nc2ccc(C(=O)O)cc21. The molecule has 1 aliphatic heterocycles. The number of para-hydroxylation sites is 1. The molecule has 0 saturated heterocycles. The maximum absolute atomic E-state index is 14.8.